The van der Waals surface area contributed by atoms with Gasteiger partial charge in [0.15, 0.2) is 6.10 Å². The number of rotatable bonds is 7. The molecular formula is C20H24N2O3. The van der Waals surface area contributed by atoms with E-state index < -0.39 is 6.10 Å². The summed E-state index contributed by atoms with van der Waals surface area (Å²) >= 11 is 0. The molecule has 1 atom stereocenters. The van der Waals surface area contributed by atoms with Crippen molar-refractivity contribution in [2.75, 3.05) is 10.6 Å². The Morgan fingerprint density at radius 1 is 1.04 bits per heavy atom. The van der Waals surface area contributed by atoms with Gasteiger partial charge >= 0.3 is 0 Å². The SMILES string of the molecule is CCCC(=O)Nc1cccc(NC(=O)[C@H](C)Oc2ccc(C)cc2)c1. The van der Waals surface area contributed by atoms with E-state index in [2.05, 4.69) is 10.6 Å². The van der Waals surface area contributed by atoms with E-state index in [9.17, 15) is 9.59 Å². The quantitative estimate of drug-likeness (QED) is 0.796. The summed E-state index contributed by atoms with van der Waals surface area (Å²) < 4.78 is 5.65. The maximum atomic E-state index is 12.3. The van der Waals surface area contributed by atoms with Gasteiger partial charge in [-0.1, -0.05) is 30.7 Å². The van der Waals surface area contributed by atoms with Crippen LogP contribution in [0.15, 0.2) is 48.5 Å². The Morgan fingerprint density at radius 3 is 2.32 bits per heavy atom. The van der Waals surface area contributed by atoms with Gasteiger partial charge in [0, 0.05) is 17.8 Å². The zero-order chi connectivity index (χ0) is 18.2. The van der Waals surface area contributed by atoms with Gasteiger partial charge in [-0.05, 0) is 50.6 Å². The molecule has 2 aromatic rings. The van der Waals surface area contributed by atoms with Gasteiger partial charge in [-0.3, -0.25) is 9.59 Å². The summed E-state index contributed by atoms with van der Waals surface area (Å²) in [6, 6.07) is 14.6. The molecule has 2 rings (SSSR count). The van der Waals surface area contributed by atoms with Gasteiger partial charge in [-0.25, -0.2) is 0 Å². The van der Waals surface area contributed by atoms with Gasteiger partial charge < -0.3 is 15.4 Å². The van der Waals surface area contributed by atoms with Crippen molar-refractivity contribution in [3.63, 3.8) is 0 Å². The Morgan fingerprint density at radius 2 is 1.68 bits per heavy atom. The average molecular weight is 340 g/mol. The molecule has 0 aliphatic heterocycles. The zero-order valence-corrected chi connectivity index (χ0v) is 14.8. The standard InChI is InChI=1S/C20H24N2O3/c1-4-6-19(23)21-16-7-5-8-17(13-16)22-20(24)15(3)25-18-11-9-14(2)10-12-18/h5,7-13,15H,4,6H2,1-3H3,(H,21,23)(H,22,24)/t15-/m0/s1. The van der Waals surface area contributed by atoms with Crippen LogP contribution in [0, 0.1) is 6.92 Å². The molecule has 2 aromatic carbocycles. The number of anilines is 2. The smallest absolute Gasteiger partial charge is 0.265 e. The summed E-state index contributed by atoms with van der Waals surface area (Å²) in [5, 5.41) is 5.61. The fraction of sp³-hybridized carbons (Fsp3) is 0.300. The molecule has 0 radical (unpaired) electrons. The van der Waals surface area contributed by atoms with E-state index in [0.717, 1.165) is 12.0 Å². The molecular weight excluding hydrogens is 316 g/mol. The van der Waals surface area contributed by atoms with E-state index in [0.29, 0.717) is 23.5 Å². The summed E-state index contributed by atoms with van der Waals surface area (Å²) in [6.07, 6.45) is 0.620. The molecule has 0 heterocycles. The molecule has 0 aromatic heterocycles. The second-order valence-electron chi connectivity index (χ2n) is 5.94. The minimum atomic E-state index is -0.638. The predicted molar refractivity (Wildman–Crippen MR) is 99.9 cm³/mol. The molecule has 25 heavy (non-hydrogen) atoms. The van der Waals surface area contributed by atoms with Crippen molar-refractivity contribution < 1.29 is 14.3 Å². The molecule has 0 bridgehead atoms. The molecule has 0 saturated carbocycles. The maximum absolute atomic E-state index is 12.3. The van der Waals surface area contributed by atoms with Crippen molar-refractivity contribution in [2.45, 2.75) is 39.7 Å². The van der Waals surface area contributed by atoms with Crippen molar-refractivity contribution >= 4 is 23.2 Å². The van der Waals surface area contributed by atoms with Crippen LogP contribution in [0.3, 0.4) is 0 Å². The first-order chi connectivity index (χ1) is 12.0. The number of nitrogens with one attached hydrogen (secondary N) is 2. The molecule has 0 aliphatic rings. The van der Waals surface area contributed by atoms with Crippen molar-refractivity contribution in [3.8, 4) is 5.75 Å². The first-order valence-electron chi connectivity index (χ1n) is 8.42. The van der Waals surface area contributed by atoms with Crippen LogP contribution in [0.2, 0.25) is 0 Å². The Bertz CT molecular complexity index is 726. The van der Waals surface area contributed by atoms with Crippen molar-refractivity contribution in [2.24, 2.45) is 0 Å². The van der Waals surface area contributed by atoms with E-state index in [1.807, 2.05) is 38.1 Å². The minimum Gasteiger partial charge on any atom is -0.481 e. The highest BCUT2D eigenvalue weighted by atomic mass is 16.5. The second kappa shape index (κ2) is 8.87. The Kier molecular flexibility index (Phi) is 6.57. The van der Waals surface area contributed by atoms with E-state index >= 15 is 0 Å². The first-order valence-corrected chi connectivity index (χ1v) is 8.42. The number of hydrogen-bond donors (Lipinski definition) is 2. The number of hydrogen-bond acceptors (Lipinski definition) is 3. The van der Waals surface area contributed by atoms with Crippen molar-refractivity contribution in [1.82, 2.24) is 0 Å². The van der Waals surface area contributed by atoms with Crippen LogP contribution in [0.4, 0.5) is 11.4 Å². The summed E-state index contributed by atoms with van der Waals surface area (Å²) in [4.78, 5) is 24.0. The number of carbonyl (C=O) groups is 2. The normalized spacial score (nSPS) is 11.5. The summed E-state index contributed by atoms with van der Waals surface area (Å²) in [5.41, 5.74) is 2.40. The van der Waals surface area contributed by atoms with Gasteiger partial charge in [0.2, 0.25) is 5.91 Å². The zero-order valence-electron chi connectivity index (χ0n) is 14.8. The van der Waals surface area contributed by atoms with E-state index in [4.69, 9.17) is 4.74 Å². The van der Waals surface area contributed by atoms with Crippen LogP contribution in [0.1, 0.15) is 32.3 Å². The number of amides is 2. The van der Waals surface area contributed by atoms with Gasteiger partial charge in [0.05, 0.1) is 0 Å². The molecule has 0 aliphatic carbocycles. The third-order valence-corrected chi connectivity index (χ3v) is 3.59. The number of aryl methyl sites for hydroxylation is 1. The second-order valence-corrected chi connectivity index (χ2v) is 5.94. The highest BCUT2D eigenvalue weighted by molar-refractivity contribution is 5.96. The van der Waals surface area contributed by atoms with Crippen LogP contribution in [0.25, 0.3) is 0 Å². The molecule has 0 fully saturated rings. The third-order valence-electron chi connectivity index (χ3n) is 3.59. The van der Waals surface area contributed by atoms with Crippen molar-refractivity contribution in [1.29, 1.82) is 0 Å². The van der Waals surface area contributed by atoms with Gasteiger partial charge in [-0.15, -0.1) is 0 Å². The topological polar surface area (TPSA) is 67.4 Å². The molecule has 5 nitrogen and oxygen atoms in total. The summed E-state index contributed by atoms with van der Waals surface area (Å²) in [6.45, 7) is 5.64. The average Bonchev–Trinajstić information content (AvgIpc) is 2.57. The largest absolute Gasteiger partial charge is 0.481 e. The molecule has 2 N–H and O–H groups in total. The lowest BCUT2D eigenvalue weighted by molar-refractivity contribution is -0.122. The van der Waals surface area contributed by atoms with Crippen LogP contribution < -0.4 is 15.4 Å². The Hall–Kier alpha value is -2.82. The predicted octanol–water partition coefficient (Wildman–Crippen LogP) is 4.14. The Labute approximate surface area is 148 Å². The van der Waals surface area contributed by atoms with Crippen LogP contribution in [0.5, 0.6) is 5.75 Å². The molecule has 2 amide bonds. The molecule has 5 heteroatoms. The lowest BCUT2D eigenvalue weighted by Crippen LogP contribution is -2.30. The number of carbonyl (C=O) groups excluding carboxylic acids is 2. The van der Waals surface area contributed by atoms with Crippen molar-refractivity contribution in [3.05, 3.63) is 54.1 Å². The lowest BCUT2D eigenvalue weighted by atomic mass is 10.2. The monoisotopic (exact) mass is 340 g/mol. The fourth-order valence-electron chi connectivity index (χ4n) is 2.24. The van der Waals surface area contributed by atoms with E-state index in [1.165, 1.54) is 0 Å². The molecule has 132 valence electrons. The number of benzene rings is 2. The van der Waals surface area contributed by atoms with Gasteiger partial charge in [-0.2, -0.15) is 0 Å². The molecule has 0 spiro atoms. The van der Waals surface area contributed by atoms with Crippen LogP contribution in [-0.4, -0.2) is 17.9 Å². The fourth-order valence-corrected chi connectivity index (χ4v) is 2.24. The van der Waals surface area contributed by atoms with E-state index in [-0.39, 0.29) is 11.8 Å². The van der Waals surface area contributed by atoms with Crippen LogP contribution in [-0.2, 0) is 9.59 Å². The third kappa shape index (κ3) is 5.95. The van der Waals surface area contributed by atoms with Gasteiger partial charge in [0.25, 0.3) is 5.91 Å². The highest BCUT2D eigenvalue weighted by Gasteiger charge is 2.15. The molecule has 0 unspecified atom stereocenters. The highest BCUT2D eigenvalue weighted by Crippen LogP contribution is 2.17. The Balaban J connectivity index is 1.95. The van der Waals surface area contributed by atoms with Gasteiger partial charge in [0.1, 0.15) is 5.75 Å². The summed E-state index contributed by atoms with van der Waals surface area (Å²) in [7, 11) is 0. The maximum Gasteiger partial charge on any atom is 0.265 e. The molecule has 0 saturated heterocycles. The van der Waals surface area contributed by atoms with E-state index in [1.54, 1.807) is 31.2 Å². The number of ether oxygens (including phenoxy) is 1. The first kappa shape index (κ1) is 18.5. The lowest BCUT2D eigenvalue weighted by Gasteiger charge is -2.15. The van der Waals surface area contributed by atoms with Crippen LogP contribution >= 0.6 is 0 Å². The summed E-state index contributed by atoms with van der Waals surface area (Å²) in [5.74, 6) is 0.355. The minimum absolute atomic E-state index is 0.0398.